The molecule has 0 heterocycles. The maximum atomic E-state index is 2.44. The minimum Gasteiger partial charge on any atom is -0.0888 e. The zero-order valence-electron chi connectivity index (χ0n) is 11.0. The second kappa shape index (κ2) is 5.74. The molecule has 0 saturated heterocycles. The molecular formula is C13H28Si. The molecule has 0 aromatic carbocycles. The van der Waals surface area contributed by atoms with E-state index in [1.165, 1.54) is 25.3 Å². The molecule has 0 amide bonds. The van der Waals surface area contributed by atoms with Gasteiger partial charge in [0.05, 0.1) is 0 Å². The summed E-state index contributed by atoms with van der Waals surface area (Å²) in [4.78, 5) is 0. The Kier molecular flexibility index (Phi) is 5.73. The molecule has 0 aliphatic carbocycles. The summed E-state index contributed by atoms with van der Waals surface area (Å²) >= 11 is 0. The molecule has 0 aliphatic heterocycles. The average Bonchev–Trinajstić information content (AvgIpc) is 1.92. The fourth-order valence-corrected chi connectivity index (χ4v) is 2.30. The lowest BCUT2D eigenvalue weighted by atomic mass is 9.90. The van der Waals surface area contributed by atoms with Gasteiger partial charge in [-0.1, -0.05) is 58.6 Å². The van der Waals surface area contributed by atoms with Gasteiger partial charge in [0.2, 0.25) is 0 Å². The maximum Gasteiger partial charge on any atom is 0.0445 e. The maximum absolute atomic E-state index is 2.44. The molecule has 0 saturated carbocycles. The van der Waals surface area contributed by atoms with Crippen molar-refractivity contribution >= 4 is 8.07 Å². The smallest absolute Gasteiger partial charge is 0.0445 e. The Hall–Kier alpha value is -0.0431. The molecule has 14 heavy (non-hydrogen) atoms. The number of hydrogen-bond donors (Lipinski definition) is 0. The second-order valence-corrected chi connectivity index (χ2v) is 12.3. The van der Waals surface area contributed by atoms with Gasteiger partial charge in [-0.15, -0.1) is 0 Å². The van der Waals surface area contributed by atoms with Crippen LogP contribution in [0.1, 0.15) is 40.0 Å². The monoisotopic (exact) mass is 212 g/mol. The van der Waals surface area contributed by atoms with Crippen molar-refractivity contribution in [2.75, 3.05) is 0 Å². The van der Waals surface area contributed by atoms with Gasteiger partial charge >= 0.3 is 0 Å². The topological polar surface area (TPSA) is 0 Å². The molecule has 0 N–H and O–H groups in total. The van der Waals surface area contributed by atoms with E-state index in [0.29, 0.717) is 5.41 Å². The summed E-state index contributed by atoms with van der Waals surface area (Å²) < 4.78 is 0. The zero-order chi connectivity index (χ0) is 11.2. The first-order chi connectivity index (χ1) is 6.21. The highest BCUT2D eigenvalue weighted by atomic mass is 28.3. The molecule has 0 spiro atoms. The highest BCUT2D eigenvalue weighted by Crippen LogP contribution is 2.20. The van der Waals surface area contributed by atoms with Crippen molar-refractivity contribution in [3.8, 4) is 0 Å². The first-order valence-corrected chi connectivity index (χ1v) is 9.56. The van der Waals surface area contributed by atoms with Gasteiger partial charge in [-0.25, -0.2) is 0 Å². The molecule has 0 aliphatic rings. The molecule has 0 fully saturated rings. The summed E-state index contributed by atoms with van der Waals surface area (Å²) in [6.45, 7) is 14.2. The Morgan fingerprint density at radius 3 is 1.86 bits per heavy atom. The van der Waals surface area contributed by atoms with E-state index in [1.807, 2.05) is 0 Å². The number of rotatable bonds is 5. The predicted molar refractivity (Wildman–Crippen MR) is 70.6 cm³/mol. The molecule has 0 bridgehead atoms. The van der Waals surface area contributed by atoms with Crippen LogP contribution in [0.2, 0.25) is 25.7 Å². The molecular weight excluding hydrogens is 184 g/mol. The Morgan fingerprint density at radius 2 is 1.43 bits per heavy atom. The van der Waals surface area contributed by atoms with Crippen molar-refractivity contribution in [3.05, 3.63) is 12.2 Å². The summed E-state index contributed by atoms with van der Waals surface area (Å²) in [5.41, 5.74) is 0.489. The third kappa shape index (κ3) is 12.0. The Balaban J connectivity index is 3.47. The van der Waals surface area contributed by atoms with Crippen LogP contribution in [-0.4, -0.2) is 8.07 Å². The lowest BCUT2D eigenvalue weighted by molar-refractivity contribution is 0.381. The van der Waals surface area contributed by atoms with E-state index in [2.05, 4.69) is 52.6 Å². The van der Waals surface area contributed by atoms with Crippen LogP contribution in [0.15, 0.2) is 12.2 Å². The molecule has 84 valence electrons. The van der Waals surface area contributed by atoms with Crippen molar-refractivity contribution < 1.29 is 0 Å². The third-order valence-electron chi connectivity index (χ3n) is 2.29. The normalized spacial score (nSPS) is 13.9. The summed E-state index contributed by atoms with van der Waals surface area (Å²) in [6.07, 6.45) is 8.58. The predicted octanol–water partition coefficient (Wildman–Crippen LogP) is 5.10. The Bertz CT molecular complexity index is 147. The van der Waals surface area contributed by atoms with Crippen LogP contribution in [-0.2, 0) is 0 Å². The molecule has 0 aromatic heterocycles. The largest absolute Gasteiger partial charge is 0.0888 e. The van der Waals surface area contributed by atoms with Crippen molar-refractivity contribution in [1.82, 2.24) is 0 Å². The van der Waals surface area contributed by atoms with Crippen molar-refractivity contribution in [2.45, 2.75) is 65.7 Å². The van der Waals surface area contributed by atoms with Gasteiger partial charge < -0.3 is 0 Å². The SMILES string of the molecule is CC(C)(C)CC/C=C/CC[Si](C)(C)C. The van der Waals surface area contributed by atoms with Crippen LogP contribution < -0.4 is 0 Å². The molecule has 0 radical (unpaired) electrons. The van der Waals surface area contributed by atoms with Gasteiger partial charge in [0, 0.05) is 8.07 Å². The standard InChI is InChI=1S/C13H28Si/c1-13(2,3)11-9-7-8-10-12-14(4,5)6/h7-8H,9-12H2,1-6H3/b8-7+. The summed E-state index contributed by atoms with van der Waals surface area (Å²) in [5.74, 6) is 0. The highest BCUT2D eigenvalue weighted by molar-refractivity contribution is 6.76. The van der Waals surface area contributed by atoms with Crippen LogP contribution in [0.4, 0.5) is 0 Å². The molecule has 0 atom stereocenters. The third-order valence-corrected chi connectivity index (χ3v) is 4.08. The molecule has 0 aromatic rings. The Morgan fingerprint density at radius 1 is 0.929 bits per heavy atom. The minimum atomic E-state index is -0.805. The zero-order valence-corrected chi connectivity index (χ0v) is 12.0. The summed E-state index contributed by atoms with van der Waals surface area (Å²) in [6, 6.07) is 1.43. The van der Waals surface area contributed by atoms with Crippen LogP contribution >= 0.6 is 0 Å². The fourth-order valence-electron chi connectivity index (χ4n) is 1.27. The summed E-state index contributed by atoms with van der Waals surface area (Å²) in [5, 5.41) is 0. The van der Waals surface area contributed by atoms with Gasteiger partial charge in [0.15, 0.2) is 0 Å². The molecule has 0 unspecified atom stereocenters. The van der Waals surface area contributed by atoms with Gasteiger partial charge in [0.25, 0.3) is 0 Å². The van der Waals surface area contributed by atoms with E-state index in [-0.39, 0.29) is 0 Å². The van der Waals surface area contributed by atoms with E-state index < -0.39 is 8.07 Å². The number of hydrogen-bond acceptors (Lipinski definition) is 0. The number of allylic oxidation sites excluding steroid dienone is 2. The van der Waals surface area contributed by atoms with E-state index in [9.17, 15) is 0 Å². The van der Waals surface area contributed by atoms with Crippen molar-refractivity contribution in [2.24, 2.45) is 5.41 Å². The van der Waals surface area contributed by atoms with Crippen molar-refractivity contribution in [1.29, 1.82) is 0 Å². The van der Waals surface area contributed by atoms with Crippen LogP contribution in [0.5, 0.6) is 0 Å². The fraction of sp³-hybridized carbons (Fsp3) is 0.846. The van der Waals surface area contributed by atoms with E-state index in [4.69, 9.17) is 0 Å². The first kappa shape index (κ1) is 14.0. The van der Waals surface area contributed by atoms with Gasteiger partial charge in [0.1, 0.15) is 0 Å². The van der Waals surface area contributed by atoms with Gasteiger partial charge in [-0.3, -0.25) is 0 Å². The van der Waals surface area contributed by atoms with E-state index in [0.717, 1.165) is 0 Å². The Labute approximate surface area is 91.8 Å². The van der Waals surface area contributed by atoms with Crippen molar-refractivity contribution in [3.63, 3.8) is 0 Å². The quantitative estimate of drug-likeness (QED) is 0.439. The highest BCUT2D eigenvalue weighted by Gasteiger charge is 2.10. The average molecular weight is 212 g/mol. The van der Waals surface area contributed by atoms with Gasteiger partial charge in [-0.2, -0.15) is 0 Å². The van der Waals surface area contributed by atoms with Crippen LogP contribution in [0.25, 0.3) is 0 Å². The van der Waals surface area contributed by atoms with Crippen LogP contribution in [0.3, 0.4) is 0 Å². The first-order valence-electron chi connectivity index (χ1n) is 5.86. The van der Waals surface area contributed by atoms with Gasteiger partial charge in [-0.05, 0) is 24.7 Å². The summed E-state index contributed by atoms with van der Waals surface area (Å²) in [7, 11) is -0.805. The van der Waals surface area contributed by atoms with E-state index in [1.54, 1.807) is 0 Å². The molecule has 0 nitrogen and oxygen atoms in total. The lowest BCUT2D eigenvalue weighted by Gasteiger charge is -2.16. The molecule has 0 rings (SSSR count). The second-order valence-electron chi connectivity index (χ2n) is 6.67. The van der Waals surface area contributed by atoms with E-state index >= 15 is 0 Å². The van der Waals surface area contributed by atoms with Crippen LogP contribution in [0, 0.1) is 5.41 Å². The lowest BCUT2D eigenvalue weighted by Crippen LogP contribution is -2.18. The minimum absolute atomic E-state index is 0.489. The molecule has 1 heteroatoms.